The van der Waals surface area contributed by atoms with Gasteiger partial charge in [0, 0.05) is 6.42 Å². The van der Waals surface area contributed by atoms with E-state index in [1.165, 1.54) is 103 Å². The highest BCUT2D eigenvalue weighted by molar-refractivity contribution is 5.80. The molecule has 1 aliphatic heterocycles. The van der Waals surface area contributed by atoms with Crippen molar-refractivity contribution >= 4 is 11.9 Å². The van der Waals surface area contributed by atoms with Crippen molar-refractivity contribution in [3.05, 3.63) is 85.1 Å². The molecule has 11 heteroatoms. The summed E-state index contributed by atoms with van der Waals surface area (Å²) in [4.78, 5) is 26.6. The molecule has 1 aliphatic rings. The second-order valence-electron chi connectivity index (χ2n) is 21.8. The van der Waals surface area contributed by atoms with E-state index in [1.54, 1.807) is 6.08 Å². The molecule has 1 rings (SSSR count). The van der Waals surface area contributed by atoms with Crippen molar-refractivity contribution in [2.75, 3.05) is 13.2 Å². The highest BCUT2D eigenvalue weighted by Gasteiger charge is 2.47. The van der Waals surface area contributed by atoms with Crippen LogP contribution in [0.3, 0.4) is 0 Å². The molecule has 1 fully saturated rings. The van der Waals surface area contributed by atoms with Gasteiger partial charge in [-0.3, -0.25) is 9.59 Å². The summed E-state index contributed by atoms with van der Waals surface area (Å²) in [7, 11) is 0. The van der Waals surface area contributed by atoms with Crippen LogP contribution in [0.25, 0.3) is 0 Å². The topological polar surface area (TPSA) is 175 Å². The molecule has 0 saturated carbocycles. The van der Waals surface area contributed by atoms with E-state index in [0.29, 0.717) is 12.8 Å². The number of carbonyl (C=O) groups excluding carboxylic acids is 2. The Kier molecular flexibility index (Phi) is 50.8. The maximum atomic E-state index is 13.4. The van der Waals surface area contributed by atoms with Gasteiger partial charge in [-0.15, -0.1) is 0 Å². The Morgan fingerprint density at radius 2 is 0.885 bits per heavy atom. The van der Waals surface area contributed by atoms with Crippen molar-refractivity contribution in [2.24, 2.45) is 0 Å². The molecule has 1 heterocycles. The summed E-state index contributed by atoms with van der Waals surface area (Å²) in [5.74, 6) is -1.22. The van der Waals surface area contributed by atoms with Crippen LogP contribution >= 0.6 is 0 Å². The molecule has 11 nitrogen and oxygen atoms in total. The first kappa shape index (κ1) is 72.9. The Morgan fingerprint density at radius 1 is 0.500 bits per heavy atom. The van der Waals surface area contributed by atoms with Crippen LogP contribution in [-0.4, -0.2) is 99.6 Å². The summed E-state index contributed by atoms with van der Waals surface area (Å²) < 4.78 is 17.6. The van der Waals surface area contributed by atoms with Crippen LogP contribution in [0.15, 0.2) is 85.1 Å². The van der Waals surface area contributed by atoms with E-state index >= 15 is 0 Å². The van der Waals surface area contributed by atoms with Gasteiger partial charge in [0.2, 0.25) is 5.91 Å². The van der Waals surface area contributed by atoms with Crippen LogP contribution in [0.4, 0.5) is 0 Å². The minimum Gasteiger partial charge on any atom is -0.454 e. The molecule has 0 aromatic heterocycles. The molecule has 6 N–H and O–H groups in total. The first-order valence-electron chi connectivity index (χ1n) is 31.9. The minimum atomic E-state index is -1.63. The van der Waals surface area contributed by atoms with Crippen LogP contribution in [0, 0.1) is 0 Å². The Labute approximate surface area is 476 Å². The number of esters is 1. The van der Waals surface area contributed by atoms with E-state index < -0.39 is 67.4 Å². The number of unbranched alkanes of at least 4 members (excludes halogenated alkanes) is 27. The van der Waals surface area contributed by atoms with Gasteiger partial charge in [-0.25, -0.2) is 0 Å². The van der Waals surface area contributed by atoms with E-state index in [4.69, 9.17) is 14.2 Å². The summed E-state index contributed by atoms with van der Waals surface area (Å²) in [5, 5.41) is 57.0. The number of hydrogen-bond donors (Lipinski definition) is 6. The zero-order valence-corrected chi connectivity index (χ0v) is 49.8. The summed E-state index contributed by atoms with van der Waals surface area (Å²) in [6.45, 7) is 5.72. The number of rotatable bonds is 53. The number of allylic oxidation sites excluding steroid dienone is 13. The van der Waals surface area contributed by atoms with Gasteiger partial charge in [0.15, 0.2) is 12.4 Å². The van der Waals surface area contributed by atoms with Crippen molar-refractivity contribution in [3.63, 3.8) is 0 Å². The third-order valence-electron chi connectivity index (χ3n) is 14.5. The first-order valence-corrected chi connectivity index (χ1v) is 31.9. The summed E-state index contributed by atoms with van der Waals surface area (Å²) >= 11 is 0. The molecule has 450 valence electrons. The predicted molar refractivity (Wildman–Crippen MR) is 324 cm³/mol. The number of carbonyl (C=O) groups is 2. The maximum absolute atomic E-state index is 13.4. The van der Waals surface area contributed by atoms with E-state index in [2.05, 4.69) is 99.0 Å². The van der Waals surface area contributed by atoms with Gasteiger partial charge in [0.05, 0.1) is 25.4 Å². The van der Waals surface area contributed by atoms with Crippen LogP contribution in [0.5, 0.6) is 0 Å². The number of amides is 1. The van der Waals surface area contributed by atoms with Gasteiger partial charge in [-0.2, -0.15) is 0 Å². The minimum absolute atomic E-state index is 0.104. The van der Waals surface area contributed by atoms with E-state index in [0.717, 1.165) is 116 Å². The standard InChI is InChI=1S/C67H117NO10/c1-4-7-10-13-16-19-22-25-27-29-31-33-35-37-40-43-46-49-52-55-62(72)78-65-64(74)63(73)61(56-69)77-67(65)76-57-58(59(70)53-50-47-44-41-38-24-21-18-15-12-9-6-3)68-66(75)60(71)54-51-48-45-42-39-36-34-32-30-28-26-23-20-17-14-11-8-5-2/h16-17,19-20,25-28,31-34,50,53,58-61,63-65,67,69-71,73-74H,4-15,18,21-24,29-30,35-49,51-52,54-57H2,1-3H3,(H,68,75)/b19-16-,20-17-,27-25-,28-26-,33-31-,34-32-,53-50+. The third kappa shape index (κ3) is 41.8. The predicted octanol–water partition coefficient (Wildman–Crippen LogP) is 15.3. The molecule has 1 amide bonds. The summed E-state index contributed by atoms with van der Waals surface area (Å²) in [6, 6.07) is -1.04. The zero-order chi connectivity index (χ0) is 56.8. The van der Waals surface area contributed by atoms with Crippen LogP contribution in [-0.2, 0) is 23.8 Å². The molecule has 0 aromatic rings. The monoisotopic (exact) mass is 1100 g/mol. The molecule has 8 atom stereocenters. The van der Waals surface area contributed by atoms with Gasteiger partial charge in [-0.1, -0.05) is 241 Å². The lowest BCUT2D eigenvalue weighted by Crippen LogP contribution is -2.61. The van der Waals surface area contributed by atoms with E-state index in [-0.39, 0.29) is 19.4 Å². The fraction of sp³-hybridized carbons (Fsp3) is 0.761. The second-order valence-corrected chi connectivity index (χ2v) is 21.8. The highest BCUT2D eigenvalue weighted by atomic mass is 16.7. The van der Waals surface area contributed by atoms with Crippen LogP contribution in [0.1, 0.15) is 265 Å². The number of aliphatic hydroxyl groups is 5. The highest BCUT2D eigenvalue weighted by Crippen LogP contribution is 2.26. The number of ether oxygens (including phenoxy) is 3. The first-order chi connectivity index (χ1) is 38.2. The lowest BCUT2D eigenvalue weighted by Gasteiger charge is -2.41. The van der Waals surface area contributed by atoms with Gasteiger partial charge in [-0.05, 0) is 103 Å². The quantitative estimate of drug-likeness (QED) is 0.0195. The molecule has 0 aromatic carbocycles. The van der Waals surface area contributed by atoms with Crippen LogP contribution in [0.2, 0.25) is 0 Å². The van der Waals surface area contributed by atoms with Gasteiger partial charge in [0.1, 0.15) is 24.4 Å². The van der Waals surface area contributed by atoms with Crippen LogP contribution < -0.4 is 5.32 Å². The van der Waals surface area contributed by atoms with Crippen molar-refractivity contribution in [3.8, 4) is 0 Å². The molecule has 0 bridgehead atoms. The second kappa shape index (κ2) is 54.4. The van der Waals surface area contributed by atoms with Crippen molar-refractivity contribution < 1.29 is 49.3 Å². The normalized spacial score (nSPS) is 19.5. The molecule has 1 saturated heterocycles. The molecular formula is C67H117NO10. The van der Waals surface area contributed by atoms with Crippen molar-refractivity contribution in [1.29, 1.82) is 0 Å². The molecular weight excluding hydrogens is 979 g/mol. The molecule has 78 heavy (non-hydrogen) atoms. The summed E-state index contributed by atoms with van der Waals surface area (Å²) in [5.41, 5.74) is 0. The third-order valence-corrected chi connectivity index (χ3v) is 14.5. The largest absolute Gasteiger partial charge is 0.454 e. The zero-order valence-electron chi connectivity index (χ0n) is 49.8. The van der Waals surface area contributed by atoms with E-state index in [1.807, 2.05) is 6.08 Å². The average molecular weight is 1100 g/mol. The SMILES string of the molecule is CCCCC/C=C\C/C=C\C/C=C\CCCCCCCCC(=O)OC1C(OCC(NC(=O)C(O)CCCCCCC/C=C\C/C=C\C/C=C\CCCCC)C(O)/C=C/CCCCCCCCCCCC)OC(CO)C(O)C1O. The smallest absolute Gasteiger partial charge is 0.306 e. The number of aliphatic hydroxyl groups excluding tert-OH is 5. The van der Waals surface area contributed by atoms with Crippen molar-refractivity contribution in [1.82, 2.24) is 5.32 Å². The Hall–Kier alpha value is -3.16. The Morgan fingerprint density at radius 3 is 1.35 bits per heavy atom. The Bertz CT molecular complexity index is 1590. The fourth-order valence-corrected chi connectivity index (χ4v) is 9.43. The summed E-state index contributed by atoms with van der Waals surface area (Å²) in [6.07, 6.45) is 60.3. The lowest BCUT2D eigenvalue weighted by atomic mass is 9.99. The molecule has 0 radical (unpaired) electrons. The average Bonchev–Trinajstić information content (AvgIpc) is 3.45. The fourth-order valence-electron chi connectivity index (χ4n) is 9.43. The van der Waals surface area contributed by atoms with E-state index in [9.17, 15) is 35.1 Å². The maximum Gasteiger partial charge on any atom is 0.306 e. The molecule has 8 unspecified atom stereocenters. The number of hydrogen-bond acceptors (Lipinski definition) is 10. The van der Waals surface area contributed by atoms with Gasteiger partial charge < -0.3 is 45.1 Å². The number of nitrogens with one attached hydrogen (secondary N) is 1. The van der Waals surface area contributed by atoms with Crippen molar-refractivity contribution in [2.45, 2.75) is 314 Å². The Balaban J connectivity index is 2.69. The lowest BCUT2D eigenvalue weighted by molar-refractivity contribution is -0.305. The molecule has 0 aliphatic carbocycles. The van der Waals surface area contributed by atoms with Gasteiger partial charge in [0.25, 0.3) is 0 Å². The molecule has 0 spiro atoms. The van der Waals surface area contributed by atoms with Gasteiger partial charge >= 0.3 is 5.97 Å².